The zero-order valence-electron chi connectivity index (χ0n) is 16.9. The van der Waals surface area contributed by atoms with Crippen molar-refractivity contribution in [1.29, 1.82) is 0 Å². The maximum atomic E-state index is 13.2. The van der Waals surface area contributed by atoms with E-state index in [0.29, 0.717) is 12.1 Å². The first-order valence-electron chi connectivity index (χ1n) is 9.98. The molecule has 0 radical (unpaired) electrons. The van der Waals surface area contributed by atoms with Crippen LogP contribution in [0.1, 0.15) is 36.0 Å². The van der Waals surface area contributed by atoms with Gasteiger partial charge < -0.3 is 10.0 Å². The lowest BCUT2D eigenvalue weighted by Gasteiger charge is -2.44. The molecule has 156 valence electrons. The summed E-state index contributed by atoms with van der Waals surface area (Å²) in [6, 6.07) is 15.1. The number of alkyl halides is 3. The van der Waals surface area contributed by atoms with Crippen LogP contribution in [-0.2, 0) is 12.6 Å². The lowest BCUT2D eigenvalue weighted by atomic mass is 9.68. The van der Waals surface area contributed by atoms with Gasteiger partial charge in [-0.25, -0.2) is 0 Å². The van der Waals surface area contributed by atoms with Crippen molar-refractivity contribution in [1.82, 2.24) is 4.90 Å². The molecule has 2 unspecified atom stereocenters. The first-order valence-corrected chi connectivity index (χ1v) is 9.98. The van der Waals surface area contributed by atoms with Crippen molar-refractivity contribution < 1.29 is 18.3 Å². The van der Waals surface area contributed by atoms with Gasteiger partial charge in [0.1, 0.15) is 0 Å². The summed E-state index contributed by atoms with van der Waals surface area (Å²) < 4.78 is 39.5. The van der Waals surface area contributed by atoms with E-state index in [-0.39, 0.29) is 12.3 Å². The second-order valence-corrected chi connectivity index (χ2v) is 8.23. The van der Waals surface area contributed by atoms with Crippen LogP contribution in [0, 0.1) is 5.92 Å². The van der Waals surface area contributed by atoms with E-state index < -0.39 is 17.3 Å². The molecule has 1 saturated carbocycles. The van der Waals surface area contributed by atoms with Gasteiger partial charge in [-0.3, -0.25) is 0 Å². The summed E-state index contributed by atoms with van der Waals surface area (Å²) in [4.78, 5) is 2.03. The highest BCUT2D eigenvalue weighted by molar-refractivity contribution is 5.56. The van der Waals surface area contributed by atoms with E-state index >= 15 is 0 Å². The van der Waals surface area contributed by atoms with E-state index in [1.165, 1.54) is 12.1 Å². The Morgan fingerprint density at radius 1 is 1.10 bits per heavy atom. The van der Waals surface area contributed by atoms with Gasteiger partial charge in [0.05, 0.1) is 11.2 Å². The van der Waals surface area contributed by atoms with E-state index in [4.69, 9.17) is 0 Å². The maximum absolute atomic E-state index is 13.2. The summed E-state index contributed by atoms with van der Waals surface area (Å²) in [5.41, 5.74) is 0.552. The number of nitrogens with zero attached hydrogens (tertiary/aromatic N) is 1. The molecular weight excluding hydrogens is 375 g/mol. The summed E-state index contributed by atoms with van der Waals surface area (Å²) in [6.07, 6.45) is 0.344. The molecule has 3 rings (SSSR count). The maximum Gasteiger partial charge on any atom is 0.416 e. The van der Waals surface area contributed by atoms with Crippen LogP contribution in [0.3, 0.4) is 0 Å². The highest BCUT2D eigenvalue weighted by Gasteiger charge is 2.43. The Hall–Kier alpha value is -2.11. The molecule has 0 aromatic heterocycles. The summed E-state index contributed by atoms with van der Waals surface area (Å²) in [5.74, 6) is -0.0456. The first kappa shape index (κ1) is 21.6. The third-order valence-corrected chi connectivity index (χ3v) is 5.68. The molecule has 0 spiro atoms. The Labute approximate surface area is 170 Å². The minimum absolute atomic E-state index is 0.0456. The largest absolute Gasteiger partial charge is 0.416 e. The van der Waals surface area contributed by atoms with Crippen LogP contribution in [0.5, 0.6) is 0 Å². The van der Waals surface area contributed by atoms with Crippen LogP contribution in [0.25, 0.3) is 6.08 Å². The highest BCUT2D eigenvalue weighted by Crippen LogP contribution is 2.42. The lowest BCUT2D eigenvalue weighted by molar-refractivity contribution is -0.137. The smallest absolute Gasteiger partial charge is 0.385 e. The standard InChI is InChI=1S/C24H28F3NO/c1-28(2)17-22-13-7-11-20(14-18-8-4-3-5-9-18)23(22,29)16-19-10-6-12-21(15-19)24(25,26)27/h3-6,8-10,12,14-15,22,29H,7,11,13,16-17H2,1-2H3/b20-14+. The number of benzene rings is 2. The van der Waals surface area contributed by atoms with Crippen LogP contribution in [0.15, 0.2) is 60.2 Å². The molecule has 1 fully saturated rings. The number of rotatable bonds is 5. The minimum atomic E-state index is -4.39. The van der Waals surface area contributed by atoms with E-state index in [1.54, 1.807) is 6.07 Å². The molecule has 1 aliphatic carbocycles. The summed E-state index contributed by atoms with van der Waals surface area (Å²) >= 11 is 0. The Balaban J connectivity index is 2.00. The normalized spacial score (nSPS) is 24.2. The van der Waals surface area contributed by atoms with Gasteiger partial charge in [-0.1, -0.05) is 54.6 Å². The van der Waals surface area contributed by atoms with Crippen LogP contribution in [0.4, 0.5) is 13.2 Å². The van der Waals surface area contributed by atoms with Gasteiger partial charge >= 0.3 is 6.18 Å². The van der Waals surface area contributed by atoms with Gasteiger partial charge in [-0.15, -0.1) is 0 Å². The minimum Gasteiger partial charge on any atom is -0.385 e. The third kappa shape index (κ3) is 5.28. The van der Waals surface area contributed by atoms with E-state index in [1.807, 2.05) is 55.4 Å². The van der Waals surface area contributed by atoms with Crippen LogP contribution in [-0.4, -0.2) is 36.2 Å². The van der Waals surface area contributed by atoms with E-state index in [0.717, 1.165) is 36.5 Å². The van der Waals surface area contributed by atoms with Crippen LogP contribution >= 0.6 is 0 Å². The Morgan fingerprint density at radius 3 is 2.48 bits per heavy atom. The molecule has 0 amide bonds. The predicted molar refractivity (Wildman–Crippen MR) is 110 cm³/mol. The number of aliphatic hydroxyl groups is 1. The second-order valence-electron chi connectivity index (χ2n) is 8.23. The zero-order chi connectivity index (χ0) is 21.1. The topological polar surface area (TPSA) is 23.5 Å². The first-order chi connectivity index (χ1) is 13.7. The van der Waals surface area contributed by atoms with Gasteiger partial charge in [0.25, 0.3) is 0 Å². The molecule has 29 heavy (non-hydrogen) atoms. The molecule has 0 aliphatic heterocycles. The molecule has 2 aromatic carbocycles. The molecule has 0 bridgehead atoms. The number of hydrogen-bond donors (Lipinski definition) is 1. The van der Waals surface area contributed by atoms with Gasteiger partial charge in [0.15, 0.2) is 0 Å². The second kappa shape index (κ2) is 8.72. The zero-order valence-corrected chi connectivity index (χ0v) is 16.9. The average Bonchev–Trinajstić information content (AvgIpc) is 2.65. The molecule has 2 nitrogen and oxygen atoms in total. The van der Waals surface area contributed by atoms with E-state index in [9.17, 15) is 18.3 Å². The summed E-state index contributed by atoms with van der Waals surface area (Å²) in [6.45, 7) is 0.682. The average molecular weight is 403 g/mol. The molecule has 2 atom stereocenters. The Kier molecular flexibility index (Phi) is 6.49. The fourth-order valence-corrected chi connectivity index (χ4v) is 4.31. The fourth-order valence-electron chi connectivity index (χ4n) is 4.31. The fraction of sp³-hybridized carbons (Fsp3) is 0.417. The number of hydrogen-bond acceptors (Lipinski definition) is 2. The Morgan fingerprint density at radius 2 is 1.83 bits per heavy atom. The lowest BCUT2D eigenvalue weighted by Crippen LogP contribution is -2.48. The van der Waals surface area contributed by atoms with Crippen LogP contribution < -0.4 is 0 Å². The van der Waals surface area contributed by atoms with Gasteiger partial charge in [-0.05, 0) is 56.1 Å². The molecule has 1 aliphatic rings. The molecule has 0 saturated heterocycles. The predicted octanol–water partition coefficient (Wildman–Crippen LogP) is 5.42. The third-order valence-electron chi connectivity index (χ3n) is 5.68. The molecular formula is C24H28F3NO. The van der Waals surface area contributed by atoms with E-state index in [2.05, 4.69) is 0 Å². The van der Waals surface area contributed by atoms with Crippen molar-refractivity contribution in [2.45, 2.75) is 37.5 Å². The van der Waals surface area contributed by atoms with Crippen molar-refractivity contribution in [2.24, 2.45) is 5.92 Å². The highest BCUT2D eigenvalue weighted by atomic mass is 19.4. The molecule has 5 heteroatoms. The van der Waals surface area contributed by atoms with Crippen LogP contribution in [0.2, 0.25) is 0 Å². The molecule has 1 N–H and O–H groups in total. The summed E-state index contributed by atoms with van der Waals surface area (Å²) in [5, 5.41) is 11.9. The van der Waals surface area contributed by atoms with Crippen molar-refractivity contribution in [2.75, 3.05) is 20.6 Å². The van der Waals surface area contributed by atoms with Crippen molar-refractivity contribution in [3.8, 4) is 0 Å². The van der Waals surface area contributed by atoms with Gasteiger partial charge in [-0.2, -0.15) is 13.2 Å². The van der Waals surface area contributed by atoms with Crippen molar-refractivity contribution in [3.05, 3.63) is 76.9 Å². The quantitative estimate of drug-likeness (QED) is 0.720. The van der Waals surface area contributed by atoms with Crippen molar-refractivity contribution >= 4 is 6.08 Å². The van der Waals surface area contributed by atoms with Crippen molar-refractivity contribution in [3.63, 3.8) is 0 Å². The SMILES string of the molecule is CN(C)CC1CCC/C(=C\c2ccccc2)C1(O)Cc1cccc(C(F)(F)F)c1. The molecule has 2 aromatic rings. The monoisotopic (exact) mass is 403 g/mol. The Bertz CT molecular complexity index is 845. The summed E-state index contributed by atoms with van der Waals surface area (Å²) in [7, 11) is 3.92. The number of halogens is 3. The molecule has 0 heterocycles. The van der Waals surface area contributed by atoms with Gasteiger partial charge in [0.2, 0.25) is 0 Å². The van der Waals surface area contributed by atoms with Gasteiger partial charge in [0, 0.05) is 18.9 Å².